The van der Waals surface area contributed by atoms with E-state index in [0.29, 0.717) is 12.4 Å². The summed E-state index contributed by atoms with van der Waals surface area (Å²) >= 11 is 0. The van der Waals surface area contributed by atoms with E-state index in [4.69, 9.17) is 42.6 Å². The molecular formula is C40H48O10S. The second-order valence-electron chi connectivity index (χ2n) is 11.9. The molecule has 10 nitrogen and oxygen atoms in total. The second kappa shape index (κ2) is 19.6. The molecule has 1 saturated heterocycles. The van der Waals surface area contributed by atoms with Crippen LogP contribution in [-0.4, -0.2) is 74.9 Å². The highest BCUT2D eigenvalue weighted by Crippen LogP contribution is 2.33. The summed E-state index contributed by atoms with van der Waals surface area (Å²) in [4.78, 5) is 0. The van der Waals surface area contributed by atoms with Crippen molar-refractivity contribution < 1.29 is 46.8 Å². The van der Waals surface area contributed by atoms with Crippen molar-refractivity contribution in [1.82, 2.24) is 0 Å². The van der Waals surface area contributed by atoms with Crippen LogP contribution < -0.4 is 18.9 Å². The van der Waals surface area contributed by atoms with Gasteiger partial charge in [-0.05, 0) is 70.8 Å². The van der Waals surface area contributed by atoms with Crippen molar-refractivity contribution in [2.24, 2.45) is 0 Å². The Labute approximate surface area is 303 Å². The first kappa shape index (κ1) is 38.3. The van der Waals surface area contributed by atoms with E-state index in [9.17, 15) is 4.21 Å². The number of rotatable bonds is 19. The summed E-state index contributed by atoms with van der Waals surface area (Å²) in [7, 11) is 5.12. The van der Waals surface area contributed by atoms with Gasteiger partial charge in [-0.2, -0.15) is 0 Å². The summed E-state index contributed by atoms with van der Waals surface area (Å²) in [6.07, 6.45) is -2.67. The molecule has 4 aromatic rings. The maximum absolute atomic E-state index is 13.7. The van der Waals surface area contributed by atoms with Gasteiger partial charge < -0.3 is 42.6 Å². The van der Waals surface area contributed by atoms with Crippen LogP contribution in [0.3, 0.4) is 0 Å². The van der Waals surface area contributed by atoms with Crippen LogP contribution in [0.15, 0.2) is 97.1 Å². The summed E-state index contributed by atoms with van der Waals surface area (Å²) in [6.45, 7) is 3.14. The van der Waals surface area contributed by atoms with E-state index in [1.54, 1.807) is 28.4 Å². The fourth-order valence-corrected chi connectivity index (χ4v) is 6.84. The van der Waals surface area contributed by atoms with Crippen LogP contribution in [0.5, 0.6) is 23.0 Å². The Balaban J connectivity index is 1.44. The van der Waals surface area contributed by atoms with Gasteiger partial charge in [0.25, 0.3) is 0 Å². The highest BCUT2D eigenvalue weighted by atomic mass is 32.2. The van der Waals surface area contributed by atoms with Crippen molar-refractivity contribution in [2.75, 3.05) is 40.8 Å². The van der Waals surface area contributed by atoms with Gasteiger partial charge in [-0.25, -0.2) is 0 Å². The minimum atomic E-state index is -1.41. The Morgan fingerprint density at radius 2 is 0.863 bits per heavy atom. The standard InChI is InChI=1S/C40H48O10S/c1-6-51(41)40-39(49-26-31-13-21-35(45-5)22-14-31)38(48-25-30-11-19-34(44-4)20-12-30)37(47-24-29-9-17-33(43-3)18-10-29)36(50-40)27-46-23-28-7-15-32(42-2)16-8-28/h7-22,36-40H,6,23-27H2,1-5H3/t36?,37-,38+,39?,40-,51?/m0/s1. The molecule has 3 unspecified atom stereocenters. The van der Waals surface area contributed by atoms with Crippen molar-refractivity contribution in [3.8, 4) is 23.0 Å². The highest BCUT2D eigenvalue weighted by molar-refractivity contribution is 7.85. The van der Waals surface area contributed by atoms with E-state index in [2.05, 4.69) is 0 Å². The number of hydrogen-bond acceptors (Lipinski definition) is 10. The van der Waals surface area contributed by atoms with Gasteiger partial charge in [0.1, 0.15) is 47.4 Å². The van der Waals surface area contributed by atoms with Crippen LogP contribution in [0.2, 0.25) is 0 Å². The van der Waals surface area contributed by atoms with Gasteiger partial charge in [-0.3, -0.25) is 4.21 Å². The number of ether oxygens (including phenoxy) is 9. The molecule has 4 aromatic carbocycles. The molecule has 5 rings (SSSR count). The minimum Gasteiger partial charge on any atom is -0.497 e. The van der Waals surface area contributed by atoms with Crippen molar-refractivity contribution in [1.29, 1.82) is 0 Å². The van der Waals surface area contributed by atoms with Gasteiger partial charge in [0, 0.05) is 5.75 Å². The zero-order valence-corrected chi connectivity index (χ0v) is 30.7. The lowest BCUT2D eigenvalue weighted by Gasteiger charge is -2.45. The van der Waals surface area contributed by atoms with Crippen molar-refractivity contribution in [3.05, 3.63) is 119 Å². The molecule has 0 aliphatic carbocycles. The second-order valence-corrected chi connectivity index (χ2v) is 13.8. The smallest absolute Gasteiger partial charge is 0.161 e. The van der Waals surface area contributed by atoms with Gasteiger partial charge in [0.2, 0.25) is 0 Å². The van der Waals surface area contributed by atoms with Gasteiger partial charge in [-0.15, -0.1) is 0 Å². The third-order valence-corrected chi connectivity index (χ3v) is 10.1. The molecule has 11 heteroatoms. The number of methoxy groups -OCH3 is 4. The average Bonchev–Trinajstić information content (AvgIpc) is 3.19. The van der Waals surface area contributed by atoms with Crippen LogP contribution in [0.4, 0.5) is 0 Å². The summed E-state index contributed by atoms with van der Waals surface area (Å²) < 4.78 is 68.0. The molecule has 1 fully saturated rings. The average molecular weight is 721 g/mol. The molecular weight excluding hydrogens is 672 g/mol. The van der Waals surface area contributed by atoms with Gasteiger partial charge >= 0.3 is 0 Å². The summed E-state index contributed by atoms with van der Waals surface area (Å²) in [5.41, 5.74) is 2.98. The van der Waals surface area contributed by atoms with Crippen LogP contribution in [0.25, 0.3) is 0 Å². The topological polar surface area (TPSA) is 100 Å². The molecule has 274 valence electrons. The molecule has 0 radical (unpaired) electrons. The molecule has 0 bridgehead atoms. The minimum absolute atomic E-state index is 0.171. The molecule has 51 heavy (non-hydrogen) atoms. The molecule has 6 atom stereocenters. The Kier molecular flexibility index (Phi) is 14.7. The predicted octanol–water partition coefficient (Wildman–Crippen LogP) is 6.49. The summed E-state index contributed by atoms with van der Waals surface area (Å²) in [5, 5.41) is 0. The van der Waals surface area contributed by atoms with Gasteiger partial charge in [0.05, 0.1) is 72.3 Å². The maximum Gasteiger partial charge on any atom is 0.161 e. The van der Waals surface area contributed by atoms with Gasteiger partial charge in [0.15, 0.2) is 5.44 Å². The molecule has 0 spiro atoms. The van der Waals surface area contributed by atoms with E-state index in [0.717, 1.165) is 45.3 Å². The lowest BCUT2D eigenvalue weighted by molar-refractivity contribution is -0.255. The first-order chi connectivity index (χ1) is 24.9. The van der Waals surface area contributed by atoms with E-state index in [-0.39, 0.29) is 26.4 Å². The first-order valence-electron chi connectivity index (χ1n) is 16.9. The molecule has 1 heterocycles. The van der Waals surface area contributed by atoms with Crippen LogP contribution in [0, 0.1) is 0 Å². The third kappa shape index (κ3) is 10.8. The molecule has 1 aliphatic rings. The Morgan fingerprint density at radius 3 is 1.24 bits per heavy atom. The Morgan fingerprint density at radius 1 is 0.510 bits per heavy atom. The molecule has 1 aliphatic heterocycles. The summed E-state index contributed by atoms with van der Waals surface area (Å²) in [5.74, 6) is 3.38. The zero-order chi connectivity index (χ0) is 36.0. The van der Waals surface area contributed by atoms with Crippen molar-refractivity contribution in [3.63, 3.8) is 0 Å². The Hall–Kier alpha value is -3.97. The lowest BCUT2D eigenvalue weighted by Crippen LogP contribution is -2.62. The van der Waals surface area contributed by atoms with Gasteiger partial charge in [-0.1, -0.05) is 55.5 Å². The van der Waals surface area contributed by atoms with Crippen LogP contribution in [0.1, 0.15) is 29.2 Å². The number of hydrogen-bond donors (Lipinski definition) is 0. The fraction of sp³-hybridized carbons (Fsp3) is 0.400. The van der Waals surface area contributed by atoms with Crippen molar-refractivity contribution >= 4 is 10.8 Å². The normalized spacial score (nSPS) is 20.8. The third-order valence-electron chi connectivity index (χ3n) is 8.65. The first-order valence-corrected chi connectivity index (χ1v) is 18.3. The Bertz CT molecular complexity index is 1610. The van der Waals surface area contributed by atoms with Crippen LogP contribution in [-0.2, 0) is 60.9 Å². The number of benzene rings is 4. The molecule has 0 saturated carbocycles. The zero-order valence-electron chi connectivity index (χ0n) is 29.9. The van der Waals surface area contributed by atoms with E-state index in [1.807, 2.05) is 104 Å². The quantitative estimate of drug-likeness (QED) is 0.107. The lowest BCUT2D eigenvalue weighted by atomic mass is 9.98. The fourth-order valence-electron chi connectivity index (χ4n) is 5.71. The largest absolute Gasteiger partial charge is 0.497 e. The highest BCUT2D eigenvalue weighted by Gasteiger charge is 2.50. The van der Waals surface area contributed by atoms with E-state index < -0.39 is 40.7 Å². The molecule has 0 N–H and O–H groups in total. The predicted molar refractivity (Wildman–Crippen MR) is 195 cm³/mol. The molecule has 0 aromatic heterocycles. The maximum atomic E-state index is 13.7. The van der Waals surface area contributed by atoms with Crippen molar-refractivity contribution in [2.45, 2.75) is 63.2 Å². The molecule has 0 amide bonds. The monoisotopic (exact) mass is 720 g/mol. The van der Waals surface area contributed by atoms with Crippen LogP contribution >= 0.6 is 0 Å². The van der Waals surface area contributed by atoms with E-state index in [1.165, 1.54) is 0 Å². The SMILES string of the molecule is CCS(=O)[C@@H]1OC(COCc2ccc(OC)cc2)[C@H](OCc2ccc(OC)cc2)[C@@H](OCc2ccc(OC)cc2)C1OCc1ccc(OC)cc1. The van der Waals surface area contributed by atoms with E-state index >= 15 is 0 Å². The summed E-state index contributed by atoms with van der Waals surface area (Å²) in [6, 6.07) is 30.7.